The summed E-state index contributed by atoms with van der Waals surface area (Å²) in [4.78, 5) is 37.3. The summed E-state index contributed by atoms with van der Waals surface area (Å²) in [5.41, 5.74) is 2.20. The van der Waals surface area contributed by atoms with Crippen molar-refractivity contribution in [3.63, 3.8) is 0 Å². The Morgan fingerprint density at radius 2 is 1.40 bits per heavy atom. The number of fused-ring (bicyclic) bond motifs is 4. The number of hydrogen-bond acceptors (Lipinski definition) is 5. The van der Waals surface area contributed by atoms with Crippen LogP contribution in [0.3, 0.4) is 0 Å². The normalized spacial score (nSPS) is 21.0. The van der Waals surface area contributed by atoms with Crippen molar-refractivity contribution in [2.75, 3.05) is 6.54 Å². The highest BCUT2D eigenvalue weighted by atomic mass is 32.1. The van der Waals surface area contributed by atoms with E-state index < -0.39 is 8.07 Å². The van der Waals surface area contributed by atoms with Gasteiger partial charge in [-0.3, -0.25) is 14.5 Å². The van der Waals surface area contributed by atoms with Crippen molar-refractivity contribution in [1.82, 2.24) is 4.90 Å². The van der Waals surface area contributed by atoms with E-state index in [9.17, 15) is 9.59 Å². The molecule has 3 nitrogen and oxygen atoms in total. The Hall–Kier alpha value is -1.54. The first kappa shape index (κ1) is 33.4. The lowest BCUT2D eigenvalue weighted by atomic mass is 9.99. The molecule has 45 heavy (non-hydrogen) atoms. The Labute approximate surface area is 284 Å². The number of hydrogen-bond donors (Lipinski definition) is 0. The van der Waals surface area contributed by atoms with Gasteiger partial charge in [0.1, 0.15) is 8.07 Å². The molecule has 2 aliphatic heterocycles. The minimum atomic E-state index is -2.04. The first-order valence-corrected chi connectivity index (χ1v) is 22.8. The number of imide groups is 1. The number of rotatable bonds is 14. The summed E-state index contributed by atoms with van der Waals surface area (Å²) < 4.78 is 0. The first-order chi connectivity index (χ1) is 21.8. The van der Waals surface area contributed by atoms with Gasteiger partial charge in [-0.25, -0.2) is 0 Å². The molecular weight excluding hydrogens is 627 g/mol. The molecule has 1 aliphatic carbocycles. The van der Waals surface area contributed by atoms with Crippen LogP contribution >= 0.6 is 34.0 Å². The van der Waals surface area contributed by atoms with Gasteiger partial charge in [-0.15, -0.1) is 34.0 Å². The molecule has 7 heteroatoms. The summed E-state index contributed by atoms with van der Waals surface area (Å²) in [6.45, 7) is 14.1. The number of thiophene rings is 3. The summed E-state index contributed by atoms with van der Waals surface area (Å²) in [6, 6.07) is 6.55. The van der Waals surface area contributed by atoms with Crippen molar-refractivity contribution < 1.29 is 9.59 Å². The quantitative estimate of drug-likeness (QED) is 0.126. The highest BCUT2D eigenvalue weighted by Crippen LogP contribution is 2.53. The maximum Gasteiger partial charge on any atom is 0.263 e. The maximum atomic E-state index is 14.1. The van der Waals surface area contributed by atoms with Gasteiger partial charge in [-0.2, -0.15) is 0 Å². The SMILES string of the molecule is CCCCC(CC)CN1C(=O)c2c(C)sc(-c3cc4c(s3)-c3sc(C)cc3[Si]4(CC(CC)CCCC)C3CCCCC3)c2C1=O. The van der Waals surface area contributed by atoms with Crippen LogP contribution in [0.1, 0.15) is 142 Å². The van der Waals surface area contributed by atoms with E-state index >= 15 is 0 Å². The fraction of sp³-hybridized carbons (Fsp3) is 0.632. The Balaban J connectivity index is 1.44. The van der Waals surface area contributed by atoms with Crippen LogP contribution in [0.5, 0.6) is 0 Å². The number of carbonyl (C=O) groups excluding carboxylic acids is 2. The van der Waals surface area contributed by atoms with E-state index in [-0.39, 0.29) is 11.8 Å². The molecule has 0 bridgehead atoms. The predicted octanol–water partition coefficient (Wildman–Crippen LogP) is 11.1. The molecule has 0 spiro atoms. The van der Waals surface area contributed by atoms with Crippen LogP contribution < -0.4 is 10.4 Å². The number of amides is 2. The molecule has 0 radical (unpaired) electrons. The summed E-state index contributed by atoms with van der Waals surface area (Å²) >= 11 is 5.64. The Kier molecular flexibility index (Phi) is 10.3. The zero-order valence-electron chi connectivity index (χ0n) is 28.5. The molecule has 244 valence electrons. The highest BCUT2D eigenvalue weighted by Gasteiger charge is 2.54. The predicted molar refractivity (Wildman–Crippen MR) is 199 cm³/mol. The summed E-state index contributed by atoms with van der Waals surface area (Å²) in [5.74, 6) is 1.05. The zero-order chi connectivity index (χ0) is 31.9. The van der Waals surface area contributed by atoms with E-state index in [1.807, 2.05) is 22.7 Å². The van der Waals surface area contributed by atoms with E-state index in [1.165, 1.54) is 78.5 Å². The van der Waals surface area contributed by atoms with Crippen LogP contribution in [0.25, 0.3) is 19.5 Å². The van der Waals surface area contributed by atoms with Crippen LogP contribution in [0, 0.1) is 25.7 Å². The van der Waals surface area contributed by atoms with Gasteiger partial charge in [0.15, 0.2) is 0 Å². The average Bonchev–Trinajstić information content (AvgIpc) is 3.83. The minimum absolute atomic E-state index is 0.0492. The molecule has 3 aromatic rings. The summed E-state index contributed by atoms with van der Waals surface area (Å²) in [7, 11) is -2.04. The third kappa shape index (κ3) is 5.80. The van der Waals surface area contributed by atoms with Crippen LogP contribution in [-0.2, 0) is 0 Å². The Morgan fingerprint density at radius 3 is 2.07 bits per heavy atom. The molecule has 3 aromatic heterocycles. The molecule has 2 amide bonds. The molecule has 0 aromatic carbocycles. The number of nitrogens with zero attached hydrogens (tertiary/aromatic N) is 1. The zero-order valence-corrected chi connectivity index (χ0v) is 31.9. The van der Waals surface area contributed by atoms with E-state index in [4.69, 9.17) is 0 Å². The second kappa shape index (κ2) is 13.9. The summed E-state index contributed by atoms with van der Waals surface area (Å²) in [5, 5.41) is 3.44. The Bertz CT molecular complexity index is 1540. The highest BCUT2D eigenvalue weighted by molar-refractivity contribution is 7.32. The van der Waals surface area contributed by atoms with Crippen molar-refractivity contribution in [3.05, 3.63) is 33.0 Å². The fourth-order valence-corrected chi connectivity index (χ4v) is 20.7. The largest absolute Gasteiger partial charge is 0.274 e. The van der Waals surface area contributed by atoms with Crippen molar-refractivity contribution >= 4 is 64.3 Å². The van der Waals surface area contributed by atoms with Crippen molar-refractivity contribution in [2.24, 2.45) is 11.8 Å². The summed E-state index contributed by atoms with van der Waals surface area (Å²) in [6.07, 6.45) is 16.5. The van der Waals surface area contributed by atoms with Gasteiger partial charge in [-0.05, 0) is 66.2 Å². The van der Waals surface area contributed by atoms with Gasteiger partial charge in [-0.1, -0.05) is 105 Å². The molecule has 3 aliphatic rings. The number of aryl methyl sites for hydroxylation is 2. The van der Waals surface area contributed by atoms with E-state index in [1.54, 1.807) is 31.5 Å². The monoisotopic (exact) mass is 679 g/mol. The maximum absolute atomic E-state index is 14.1. The Morgan fingerprint density at radius 1 is 0.778 bits per heavy atom. The topological polar surface area (TPSA) is 37.4 Å². The lowest BCUT2D eigenvalue weighted by Crippen LogP contribution is -2.59. The van der Waals surface area contributed by atoms with E-state index in [0.29, 0.717) is 23.6 Å². The second-order valence-electron chi connectivity index (χ2n) is 14.3. The van der Waals surface area contributed by atoms with Gasteiger partial charge in [0, 0.05) is 30.9 Å². The molecule has 0 saturated heterocycles. The standard InChI is InChI=1S/C38H53NO2S3Si/c1-7-11-16-26(9-3)22-39-37(40)32-25(6)43-34(33(32)38(39)41)29-21-31-36(44-29)35-30(20-24(5)42-35)45(31,28-18-14-13-15-19-28)23-27(10-4)17-12-8-2/h20-21,26-28H,7-19,22-23H2,1-6H3. The molecule has 5 heterocycles. The molecule has 1 fully saturated rings. The van der Waals surface area contributed by atoms with Gasteiger partial charge in [0.2, 0.25) is 0 Å². The first-order valence-electron chi connectivity index (χ1n) is 18.0. The number of carbonyl (C=O) groups is 2. The van der Waals surface area contributed by atoms with E-state index in [0.717, 1.165) is 46.9 Å². The van der Waals surface area contributed by atoms with Crippen LogP contribution in [0.4, 0.5) is 0 Å². The van der Waals surface area contributed by atoms with Gasteiger partial charge >= 0.3 is 0 Å². The smallest absolute Gasteiger partial charge is 0.263 e. The molecule has 3 atom stereocenters. The van der Waals surface area contributed by atoms with E-state index in [2.05, 4.69) is 53.7 Å². The van der Waals surface area contributed by atoms with Crippen LogP contribution in [0.15, 0.2) is 12.1 Å². The van der Waals surface area contributed by atoms with Crippen molar-refractivity contribution in [3.8, 4) is 19.5 Å². The van der Waals surface area contributed by atoms with Crippen molar-refractivity contribution in [1.29, 1.82) is 0 Å². The van der Waals surface area contributed by atoms with Crippen LogP contribution in [0.2, 0.25) is 11.6 Å². The minimum Gasteiger partial charge on any atom is -0.274 e. The van der Waals surface area contributed by atoms with Gasteiger partial charge in [0.25, 0.3) is 11.8 Å². The van der Waals surface area contributed by atoms with Crippen LogP contribution in [-0.4, -0.2) is 31.3 Å². The second-order valence-corrected chi connectivity index (χ2v) is 22.0. The lowest BCUT2D eigenvalue weighted by Gasteiger charge is -2.41. The van der Waals surface area contributed by atoms with Gasteiger partial charge in [0.05, 0.1) is 16.0 Å². The lowest BCUT2D eigenvalue weighted by molar-refractivity contribution is 0.0624. The fourth-order valence-electron chi connectivity index (χ4n) is 8.87. The molecule has 1 saturated carbocycles. The third-order valence-electron chi connectivity index (χ3n) is 11.4. The molecular formula is C38H53NO2S3Si. The third-order valence-corrected chi connectivity index (χ3v) is 21.3. The van der Waals surface area contributed by atoms with Crippen molar-refractivity contribution in [2.45, 2.75) is 137 Å². The molecule has 6 rings (SSSR count). The molecule has 3 unspecified atom stereocenters. The van der Waals surface area contributed by atoms with Gasteiger partial charge < -0.3 is 0 Å². The average molecular weight is 680 g/mol. The molecule has 0 N–H and O–H groups in total. The number of unbranched alkanes of at least 4 members (excludes halogenated alkanes) is 2.